The van der Waals surface area contributed by atoms with Gasteiger partial charge >= 0.3 is 0 Å². The number of para-hydroxylation sites is 1. The minimum atomic E-state index is -0.341. The monoisotopic (exact) mass is 411 g/mol. The summed E-state index contributed by atoms with van der Waals surface area (Å²) in [6.07, 6.45) is 3.21. The molecule has 3 aromatic rings. The van der Waals surface area contributed by atoms with Crippen molar-refractivity contribution in [1.82, 2.24) is 16.0 Å². The number of carbonyl (C=O) groups excluding carboxylic acids is 2. The van der Waals surface area contributed by atoms with Crippen LogP contribution in [0.25, 0.3) is 11.0 Å². The third-order valence-electron chi connectivity index (χ3n) is 5.63. The molecule has 1 aromatic carbocycles. The smallest absolute Gasteiger partial charge is 0.279 e. The summed E-state index contributed by atoms with van der Waals surface area (Å²) in [5.74, 6) is -0.000847. The van der Waals surface area contributed by atoms with Crippen LogP contribution in [0.2, 0.25) is 0 Å². The number of hydrazine groups is 1. The van der Waals surface area contributed by atoms with Gasteiger partial charge in [-0.3, -0.25) is 20.4 Å². The van der Waals surface area contributed by atoms with Gasteiger partial charge in [-0.2, -0.15) is 0 Å². The van der Waals surface area contributed by atoms with E-state index in [4.69, 9.17) is 4.52 Å². The molecule has 0 spiro atoms. The molecule has 0 radical (unpaired) electrons. The predicted octanol–water partition coefficient (Wildman–Crippen LogP) is 4.04. The van der Waals surface area contributed by atoms with Crippen molar-refractivity contribution in [3.8, 4) is 0 Å². The van der Waals surface area contributed by atoms with E-state index in [-0.39, 0.29) is 23.7 Å². The minimum Gasteiger partial charge on any atom is -0.356 e. The van der Waals surface area contributed by atoms with Gasteiger partial charge in [-0.15, -0.1) is 11.3 Å². The number of carbonyl (C=O) groups is 2. The first kappa shape index (κ1) is 19.6. The zero-order valence-corrected chi connectivity index (χ0v) is 17.7. The predicted molar refractivity (Wildman–Crippen MR) is 113 cm³/mol. The number of nitrogens with one attached hydrogen (secondary N) is 2. The Morgan fingerprint density at radius 1 is 1.24 bits per heavy atom. The van der Waals surface area contributed by atoms with E-state index in [0.29, 0.717) is 22.1 Å². The Morgan fingerprint density at radius 2 is 2.03 bits per heavy atom. The van der Waals surface area contributed by atoms with Crippen LogP contribution in [0.4, 0.5) is 0 Å². The van der Waals surface area contributed by atoms with E-state index in [1.165, 1.54) is 21.8 Å². The van der Waals surface area contributed by atoms with E-state index in [9.17, 15) is 9.59 Å². The highest BCUT2D eigenvalue weighted by Gasteiger charge is 2.30. The number of hydrogen-bond donors (Lipinski definition) is 2. The Balaban J connectivity index is 1.35. The highest BCUT2D eigenvalue weighted by atomic mass is 32.1. The number of benzene rings is 1. The van der Waals surface area contributed by atoms with E-state index in [0.717, 1.165) is 24.6 Å². The number of nitrogens with zero attached hydrogens (tertiary/aromatic N) is 1. The Morgan fingerprint density at radius 3 is 2.83 bits per heavy atom. The van der Waals surface area contributed by atoms with Crippen LogP contribution < -0.4 is 10.9 Å². The van der Waals surface area contributed by atoms with Crippen LogP contribution in [0, 0.1) is 11.3 Å². The molecule has 2 aromatic heterocycles. The summed E-state index contributed by atoms with van der Waals surface area (Å²) in [5.41, 5.74) is 7.73. The molecule has 2 N–H and O–H groups in total. The second kappa shape index (κ2) is 7.63. The fourth-order valence-corrected chi connectivity index (χ4v) is 4.93. The second-order valence-corrected chi connectivity index (χ2v) is 9.81. The summed E-state index contributed by atoms with van der Waals surface area (Å²) in [7, 11) is 0. The molecule has 7 heteroatoms. The van der Waals surface area contributed by atoms with Crippen molar-refractivity contribution in [1.29, 1.82) is 0 Å². The van der Waals surface area contributed by atoms with E-state index in [1.54, 1.807) is 6.07 Å². The maximum Gasteiger partial charge on any atom is 0.279 e. The molecule has 6 nitrogen and oxygen atoms in total. The molecule has 1 atom stereocenters. The Hall–Kier alpha value is -2.67. The molecule has 0 fully saturated rings. The van der Waals surface area contributed by atoms with Crippen LogP contribution in [-0.4, -0.2) is 17.0 Å². The molecular weight excluding hydrogens is 386 g/mol. The zero-order chi connectivity index (χ0) is 20.6. The van der Waals surface area contributed by atoms with Crippen molar-refractivity contribution < 1.29 is 14.1 Å². The van der Waals surface area contributed by atoms with Crippen LogP contribution in [0.3, 0.4) is 0 Å². The number of hydrogen-bond acceptors (Lipinski definition) is 5. The average molecular weight is 412 g/mol. The number of aromatic nitrogens is 1. The Labute approximate surface area is 173 Å². The minimum absolute atomic E-state index is 0.0332. The Bertz CT molecular complexity index is 1060. The van der Waals surface area contributed by atoms with Crippen molar-refractivity contribution in [2.24, 2.45) is 11.3 Å². The first-order valence-electron chi connectivity index (χ1n) is 9.85. The molecule has 2 amide bonds. The average Bonchev–Trinajstić information content (AvgIpc) is 3.29. The van der Waals surface area contributed by atoms with Gasteiger partial charge in [0.15, 0.2) is 5.58 Å². The molecule has 0 saturated heterocycles. The topological polar surface area (TPSA) is 84.2 Å². The second-order valence-electron chi connectivity index (χ2n) is 8.67. The van der Waals surface area contributed by atoms with Crippen molar-refractivity contribution in [3.63, 3.8) is 0 Å². The number of thiophene rings is 1. The van der Waals surface area contributed by atoms with E-state index >= 15 is 0 Å². The van der Waals surface area contributed by atoms with Gasteiger partial charge in [-0.1, -0.05) is 38.1 Å². The number of aryl methyl sites for hydroxylation is 1. The van der Waals surface area contributed by atoms with Crippen LogP contribution >= 0.6 is 11.3 Å². The fraction of sp³-hybridized carbons (Fsp3) is 0.409. The largest absolute Gasteiger partial charge is 0.356 e. The molecule has 0 aliphatic heterocycles. The van der Waals surface area contributed by atoms with E-state index in [1.807, 2.05) is 24.3 Å². The van der Waals surface area contributed by atoms with Crippen molar-refractivity contribution in [2.75, 3.05) is 0 Å². The highest BCUT2D eigenvalue weighted by molar-refractivity contribution is 7.14. The summed E-state index contributed by atoms with van der Waals surface area (Å²) in [5, 5.41) is 4.74. The summed E-state index contributed by atoms with van der Waals surface area (Å²) in [6.45, 7) is 6.82. The summed E-state index contributed by atoms with van der Waals surface area (Å²) >= 11 is 1.52. The molecule has 1 aliphatic carbocycles. The van der Waals surface area contributed by atoms with Gasteiger partial charge in [-0.05, 0) is 54.4 Å². The molecule has 0 saturated carbocycles. The third kappa shape index (κ3) is 4.19. The lowest BCUT2D eigenvalue weighted by molar-refractivity contribution is -0.121. The summed E-state index contributed by atoms with van der Waals surface area (Å²) in [4.78, 5) is 26.7. The lowest BCUT2D eigenvalue weighted by Crippen LogP contribution is -2.42. The maximum atomic E-state index is 12.5. The first-order valence-corrected chi connectivity index (χ1v) is 10.7. The summed E-state index contributed by atoms with van der Waals surface area (Å²) in [6, 6.07) is 9.35. The molecule has 1 aliphatic rings. The standard InChI is InChI=1S/C22H25N3O3S/c1-22(2,3)14-8-9-18-13(10-14)11-19(29-18)21(27)24-23-20(26)12-16-15-6-4-5-7-17(15)28-25-16/h4-7,11,14H,8-10,12H2,1-3H3,(H,23,26)(H,24,27). The summed E-state index contributed by atoms with van der Waals surface area (Å²) < 4.78 is 5.21. The lowest BCUT2D eigenvalue weighted by Gasteiger charge is -2.33. The van der Waals surface area contributed by atoms with Crippen LogP contribution in [0.15, 0.2) is 34.9 Å². The fourth-order valence-electron chi connectivity index (χ4n) is 3.82. The number of fused-ring (bicyclic) bond motifs is 2. The molecule has 0 bridgehead atoms. The molecule has 29 heavy (non-hydrogen) atoms. The maximum absolute atomic E-state index is 12.5. The van der Waals surface area contributed by atoms with Crippen LogP contribution in [-0.2, 0) is 24.1 Å². The van der Waals surface area contributed by atoms with Crippen molar-refractivity contribution >= 4 is 34.1 Å². The van der Waals surface area contributed by atoms with Gasteiger partial charge in [0.2, 0.25) is 5.91 Å². The van der Waals surface area contributed by atoms with Crippen LogP contribution in [0.1, 0.15) is 53.0 Å². The van der Waals surface area contributed by atoms with Gasteiger partial charge < -0.3 is 4.52 Å². The number of rotatable bonds is 3. The molecule has 1 unspecified atom stereocenters. The molecule has 4 rings (SSSR count). The normalized spacial score (nSPS) is 16.4. The molecule has 2 heterocycles. The molecule has 152 valence electrons. The van der Waals surface area contributed by atoms with E-state index < -0.39 is 0 Å². The highest BCUT2D eigenvalue weighted by Crippen LogP contribution is 2.40. The van der Waals surface area contributed by atoms with Gasteiger partial charge in [0.1, 0.15) is 5.69 Å². The van der Waals surface area contributed by atoms with Gasteiger partial charge in [0, 0.05) is 10.3 Å². The quantitative estimate of drug-likeness (QED) is 0.637. The first-order chi connectivity index (χ1) is 13.8. The van der Waals surface area contributed by atoms with Gasteiger partial charge in [0.25, 0.3) is 5.91 Å². The van der Waals surface area contributed by atoms with Gasteiger partial charge in [-0.25, -0.2) is 0 Å². The van der Waals surface area contributed by atoms with Crippen molar-refractivity contribution in [3.05, 3.63) is 51.3 Å². The SMILES string of the molecule is CC(C)(C)C1CCc2sc(C(=O)NNC(=O)Cc3noc4ccccc34)cc2C1. The van der Waals surface area contributed by atoms with Crippen LogP contribution in [0.5, 0.6) is 0 Å². The molecular formula is C22H25N3O3S. The van der Waals surface area contributed by atoms with E-state index in [2.05, 4.69) is 36.8 Å². The Kier molecular flexibility index (Phi) is 5.17. The third-order valence-corrected chi connectivity index (χ3v) is 6.86. The van der Waals surface area contributed by atoms with Crippen molar-refractivity contribution in [2.45, 2.75) is 46.5 Å². The van der Waals surface area contributed by atoms with Gasteiger partial charge in [0.05, 0.1) is 11.3 Å². The lowest BCUT2D eigenvalue weighted by atomic mass is 9.72. The number of amides is 2. The zero-order valence-electron chi connectivity index (χ0n) is 16.9.